The summed E-state index contributed by atoms with van der Waals surface area (Å²) in [5.74, 6) is 1.73. The van der Waals surface area contributed by atoms with E-state index in [0.717, 1.165) is 56.1 Å². The van der Waals surface area contributed by atoms with Gasteiger partial charge in [-0.05, 0) is 90.9 Å². The first-order valence-electron chi connectivity index (χ1n) is 20.9. The molecule has 7 aromatic carbocycles. The maximum Gasteiger partial charge on any atom is 0.140 e. The molecule has 0 radical (unpaired) electrons. The van der Waals surface area contributed by atoms with E-state index < -0.39 is 0 Å². The van der Waals surface area contributed by atoms with Crippen LogP contribution in [0.3, 0.4) is 0 Å². The average molecular weight is 778 g/mol. The molecule has 0 saturated carbocycles. The highest BCUT2D eigenvalue weighted by atomic mass is 15.1. The Morgan fingerprint density at radius 1 is 0.450 bits per heavy atom. The molecule has 0 aliphatic heterocycles. The molecular weight excluding hydrogens is 727 g/mol. The summed E-state index contributed by atoms with van der Waals surface area (Å²) in [4.78, 5) is 5.60. The normalized spacial score (nSPS) is 10.9. The summed E-state index contributed by atoms with van der Waals surface area (Å²) in [6, 6.07) is 64.5. The van der Waals surface area contributed by atoms with E-state index in [-0.39, 0.29) is 0 Å². The van der Waals surface area contributed by atoms with Crippen LogP contribution in [0.2, 0.25) is 0 Å². The third-order valence-electron chi connectivity index (χ3n) is 11.3. The number of para-hydroxylation sites is 2. The van der Waals surface area contributed by atoms with Gasteiger partial charge in [-0.15, -0.1) is 0 Å². The Balaban J connectivity index is 0.000000499. The maximum absolute atomic E-state index is 5.60. The summed E-state index contributed by atoms with van der Waals surface area (Å²) in [6.45, 7) is 17.1. The van der Waals surface area contributed by atoms with E-state index in [1.807, 2.05) is 38.1 Å². The van der Waals surface area contributed by atoms with Gasteiger partial charge in [0.2, 0.25) is 0 Å². The molecule has 0 N–H and O–H groups in total. The van der Waals surface area contributed by atoms with E-state index in [1.54, 1.807) is 0 Å². The van der Waals surface area contributed by atoms with Crippen LogP contribution < -0.4 is 0 Å². The van der Waals surface area contributed by atoms with Crippen LogP contribution in [-0.4, -0.2) is 14.1 Å². The maximum atomic E-state index is 5.60. The van der Waals surface area contributed by atoms with Crippen LogP contribution in [0.4, 0.5) is 0 Å². The Hall–Kier alpha value is -7.23. The standard InChI is InChI=1S/C48H37N3.C7H8.C2H6/c1-5-36-39(37-21-11-9-17-31(37)2)27-28-41-40-23-13-15-25-43(40)51(48(36)41)46-30-35(34-19-7-6-8-20-34)29-45(49-46)50-33(4)47(38-22-12-10-18-32(38)3)42-24-14-16-26-44(42)50;1-7-5-3-2-4-6-7;1-2/h5-30H,1H2,2-4H3;2-6H,1H3;1-2H3. The number of nitrogens with zero attached hydrogens (tertiary/aromatic N) is 3. The number of rotatable bonds is 6. The van der Waals surface area contributed by atoms with Crippen molar-refractivity contribution in [3.63, 3.8) is 0 Å². The van der Waals surface area contributed by atoms with Crippen molar-refractivity contribution in [3.8, 4) is 45.0 Å². The Kier molecular flexibility index (Phi) is 11.4. The number of hydrogen-bond donors (Lipinski definition) is 0. The Labute approximate surface area is 354 Å². The highest BCUT2D eigenvalue weighted by Crippen LogP contribution is 2.42. The van der Waals surface area contributed by atoms with Gasteiger partial charge in [-0.25, -0.2) is 4.98 Å². The van der Waals surface area contributed by atoms with Crippen LogP contribution in [0.15, 0.2) is 189 Å². The van der Waals surface area contributed by atoms with E-state index in [9.17, 15) is 0 Å². The minimum atomic E-state index is 0.859. The summed E-state index contributed by atoms with van der Waals surface area (Å²) >= 11 is 0. The van der Waals surface area contributed by atoms with Gasteiger partial charge in [0.15, 0.2) is 0 Å². The molecule has 3 heterocycles. The van der Waals surface area contributed by atoms with E-state index >= 15 is 0 Å². The molecule has 60 heavy (non-hydrogen) atoms. The summed E-state index contributed by atoms with van der Waals surface area (Å²) < 4.78 is 4.69. The van der Waals surface area contributed by atoms with Crippen molar-refractivity contribution in [2.45, 2.75) is 41.5 Å². The van der Waals surface area contributed by atoms with Crippen molar-refractivity contribution < 1.29 is 0 Å². The SMILES string of the molecule is C=Cc1c(-c2ccccc2C)ccc2c3ccccc3n(-c3cc(-c4ccccc4)cc(-n4c(C)c(-c5ccccc5C)c5ccccc54)n3)c12.CC.Cc1ccccc1. The third-order valence-corrected chi connectivity index (χ3v) is 11.3. The summed E-state index contributed by atoms with van der Waals surface area (Å²) in [6.07, 6.45) is 2.01. The first-order valence-corrected chi connectivity index (χ1v) is 20.9. The van der Waals surface area contributed by atoms with Crippen LogP contribution in [-0.2, 0) is 0 Å². The Morgan fingerprint density at radius 3 is 1.57 bits per heavy atom. The van der Waals surface area contributed by atoms with Crippen LogP contribution in [0.5, 0.6) is 0 Å². The summed E-state index contributed by atoms with van der Waals surface area (Å²) in [7, 11) is 0. The fraction of sp³-hybridized carbons (Fsp3) is 0.105. The van der Waals surface area contributed by atoms with Crippen molar-refractivity contribution in [2.75, 3.05) is 0 Å². The van der Waals surface area contributed by atoms with Gasteiger partial charge in [0, 0.05) is 33.0 Å². The molecule has 0 aliphatic carbocycles. The zero-order valence-electron chi connectivity index (χ0n) is 35.4. The Morgan fingerprint density at radius 2 is 0.967 bits per heavy atom. The van der Waals surface area contributed by atoms with Gasteiger partial charge < -0.3 is 0 Å². The molecule has 0 unspecified atom stereocenters. The number of benzene rings is 7. The van der Waals surface area contributed by atoms with Crippen molar-refractivity contribution in [1.29, 1.82) is 0 Å². The highest BCUT2D eigenvalue weighted by molar-refractivity contribution is 6.13. The molecule has 0 amide bonds. The highest BCUT2D eigenvalue weighted by Gasteiger charge is 2.23. The summed E-state index contributed by atoms with van der Waals surface area (Å²) in [5, 5.41) is 3.58. The number of fused-ring (bicyclic) bond motifs is 4. The second-order valence-corrected chi connectivity index (χ2v) is 15.0. The lowest BCUT2D eigenvalue weighted by atomic mass is 9.94. The molecule has 3 aromatic heterocycles. The van der Waals surface area contributed by atoms with Gasteiger partial charge in [-0.1, -0.05) is 190 Å². The van der Waals surface area contributed by atoms with Crippen molar-refractivity contribution in [2.24, 2.45) is 0 Å². The predicted octanol–water partition coefficient (Wildman–Crippen LogP) is 15.7. The van der Waals surface area contributed by atoms with Crippen LogP contribution in [0, 0.1) is 27.7 Å². The van der Waals surface area contributed by atoms with E-state index in [1.165, 1.54) is 49.5 Å². The number of pyridine rings is 1. The first-order chi connectivity index (χ1) is 29.4. The molecule has 0 atom stereocenters. The van der Waals surface area contributed by atoms with Gasteiger partial charge in [0.25, 0.3) is 0 Å². The molecule has 3 nitrogen and oxygen atoms in total. The van der Waals surface area contributed by atoms with E-state index in [2.05, 4.69) is 207 Å². The molecule has 0 saturated heterocycles. The predicted molar refractivity (Wildman–Crippen MR) is 259 cm³/mol. The molecule has 10 aromatic rings. The number of aryl methyl sites for hydroxylation is 3. The second kappa shape index (κ2) is 17.3. The topological polar surface area (TPSA) is 22.8 Å². The van der Waals surface area contributed by atoms with Gasteiger partial charge in [-0.3, -0.25) is 9.13 Å². The Bertz CT molecular complexity index is 3110. The van der Waals surface area contributed by atoms with Crippen LogP contribution in [0.1, 0.15) is 41.8 Å². The van der Waals surface area contributed by atoms with Gasteiger partial charge in [-0.2, -0.15) is 0 Å². The van der Waals surface area contributed by atoms with Gasteiger partial charge in [0.1, 0.15) is 11.6 Å². The number of hydrogen-bond acceptors (Lipinski definition) is 1. The zero-order chi connectivity index (χ0) is 41.8. The lowest BCUT2D eigenvalue weighted by Crippen LogP contribution is -2.06. The average Bonchev–Trinajstić information content (AvgIpc) is 3.79. The molecule has 0 spiro atoms. The van der Waals surface area contributed by atoms with Gasteiger partial charge in [0.05, 0.1) is 16.6 Å². The van der Waals surface area contributed by atoms with Crippen molar-refractivity contribution in [1.82, 2.24) is 14.1 Å². The molecule has 3 heteroatoms. The monoisotopic (exact) mass is 777 g/mol. The van der Waals surface area contributed by atoms with Gasteiger partial charge >= 0.3 is 0 Å². The lowest BCUT2D eigenvalue weighted by molar-refractivity contribution is 0.965. The third kappa shape index (κ3) is 7.24. The van der Waals surface area contributed by atoms with E-state index in [4.69, 9.17) is 4.98 Å². The second-order valence-electron chi connectivity index (χ2n) is 15.0. The minimum Gasteiger partial charge on any atom is -0.298 e. The molecule has 0 fully saturated rings. The van der Waals surface area contributed by atoms with Crippen molar-refractivity contribution >= 4 is 38.8 Å². The molecule has 10 rings (SSSR count). The summed E-state index contributed by atoms with van der Waals surface area (Å²) in [5.41, 5.74) is 16.5. The number of aromatic nitrogens is 3. The molecule has 0 aliphatic rings. The van der Waals surface area contributed by atoms with E-state index in [0.29, 0.717) is 0 Å². The van der Waals surface area contributed by atoms with Crippen LogP contribution >= 0.6 is 0 Å². The fourth-order valence-corrected chi connectivity index (χ4v) is 8.56. The minimum absolute atomic E-state index is 0.859. The van der Waals surface area contributed by atoms with Crippen molar-refractivity contribution in [3.05, 3.63) is 217 Å². The molecule has 294 valence electrons. The lowest BCUT2D eigenvalue weighted by Gasteiger charge is -2.17. The molecular formula is C57H51N3. The molecule has 0 bridgehead atoms. The van der Waals surface area contributed by atoms with Crippen LogP contribution in [0.25, 0.3) is 83.8 Å². The quantitative estimate of drug-likeness (QED) is 0.165. The largest absolute Gasteiger partial charge is 0.298 e. The first kappa shape index (κ1) is 39.6. The zero-order valence-corrected chi connectivity index (χ0v) is 35.4. The smallest absolute Gasteiger partial charge is 0.140 e. The fourth-order valence-electron chi connectivity index (χ4n) is 8.56.